The van der Waals surface area contributed by atoms with E-state index < -0.39 is 0 Å². The zero-order chi connectivity index (χ0) is 21.1. The molecule has 30 heavy (non-hydrogen) atoms. The number of rotatable bonds is 7. The molecule has 1 amide bonds. The van der Waals surface area contributed by atoms with Crippen LogP contribution in [-0.2, 0) is 17.9 Å². The number of carbonyl (C=O) groups is 1. The second kappa shape index (κ2) is 9.09. The minimum absolute atomic E-state index is 0.00427. The molecule has 0 N–H and O–H groups in total. The van der Waals surface area contributed by atoms with Gasteiger partial charge in [-0.2, -0.15) is 0 Å². The van der Waals surface area contributed by atoms with Crippen LogP contribution in [0.15, 0.2) is 42.5 Å². The first kappa shape index (κ1) is 20.7. The number of imidazole rings is 1. The minimum Gasteiger partial charge on any atom is -0.486 e. The van der Waals surface area contributed by atoms with E-state index in [0.717, 1.165) is 67.1 Å². The van der Waals surface area contributed by atoms with Crippen molar-refractivity contribution >= 4 is 28.5 Å². The summed E-state index contributed by atoms with van der Waals surface area (Å²) in [4.78, 5) is 19.6. The third kappa shape index (κ3) is 4.46. The molecule has 0 aliphatic carbocycles. The van der Waals surface area contributed by atoms with Gasteiger partial charge in [0.25, 0.3) is 0 Å². The van der Waals surface area contributed by atoms with E-state index in [1.54, 1.807) is 0 Å². The van der Waals surface area contributed by atoms with Crippen LogP contribution in [0.4, 0.5) is 0 Å². The van der Waals surface area contributed by atoms with Gasteiger partial charge < -0.3 is 14.2 Å². The fourth-order valence-electron chi connectivity index (χ4n) is 4.07. The van der Waals surface area contributed by atoms with Gasteiger partial charge in [-0.15, -0.1) is 0 Å². The van der Waals surface area contributed by atoms with Gasteiger partial charge >= 0.3 is 0 Å². The fraction of sp³-hybridized carbons (Fsp3) is 0.417. The molecule has 2 aromatic carbocycles. The molecule has 3 aromatic rings. The number of benzene rings is 2. The van der Waals surface area contributed by atoms with Crippen LogP contribution in [0.25, 0.3) is 11.0 Å². The smallest absolute Gasteiger partial charge is 0.225 e. The Labute approximate surface area is 182 Å². The molecule has 1 saturated heterocycles. The van der Waals surface area contributed by atoms with E-state index in [1.807, 2.05) is 36.1 Å². The van der Waals surface area contributed by atoms with Gasteiger partial charge in [0, 0.05) is 30.6 Å². The Bertz CT molecular complexity index is 1020. The summed E-state index contributed by atoms with van der Waals surface area (Å²) >= 11 is 5.97. The maximum Gasteiger partial charge on any atom is 0.225 e. The summed E-state index contributed by atoms with van der Waals surface area (Å²) in [5, 5.41) is 0.682. The number of fused-ring (bicyclic) bond motifs is 1. The van der Waals surface area contributed by atoms with Gasteiger partial charge in [0.1, 0.15) is 18.2 Å². The second-order valence-electron chi connectivity index (χ2n) is 8.09. The highest BCUT2D eigenvalue weighted by Gasteiger charge is 2.23. The van der Waals surface area contributed by atoms with Crippen molar-refractivity contribution in [3.05, 3.63) is 58.9 Å². The van der Waals surface area contributed by atoms with Crippen molar-refractivity contribution in [2.75, 3.05) is 13.1 Å². The van der Waals surface area contributed by atoms with Gasteiger partial charge in [0.15, 0.2) is 0 Å². The average Bonchev–Trinajstić information content (AvgIpc) is 3.40. The molecule has 1 aliphatic rings. The van der Waals surface area contributed by atoms with Crippen molar-refractivity contribution in [2.24, 2.45) is 5.92 Å². The maximum absolute atomic E-state index is 12.7. The SMILES string of the molecule is Cc1cccc2c1nc(COc1ccc(Cl)cc1)n2CCC(C)C(=O)N1CCCC1. The second-order valence-corrected chi connectivity index (χ2v) is 8.52. The molecule has 0 spiro atoms. The molecular weight excluding hydrogens is 398 g/mol. The van der Waals surface area contributed by atoms with Crippen LogP contribution in [0.1, 0.15) is 37.6 Å². The van der Waals surface area contributed by atoms with E-state index in [2.05, 4.69) is 29.7 Å². The first-order chi connectivity index (χ1) is 14.5. The number of para-hydroxylation sites is 1. The monoisotopic (exact) mass is 425 g/mol. The largest absolute Gasteiger partial charge is 0.486 e. The summed E-state index contributed by atoms with van der Waals surface area (Å²) in [6, 6.07) is 13.6. The first-order valence-electron chi connectivity index (χ1n) is 10.6. The zero-order valence-corrected chi connectivity index (χ0v) is 18.4. The summed E-state index contributed by atoms with van der Waals surface area (Å²) in [6.07, 6.45) is 3.02. The van der Waals surface area contributed by atoms with Crippen molar-refractivity contribution in [2.45, 2.75) is 46.3 Å². The third-order valence-electron chi connectivity index (χ3n) is 5.87. The van der Waals surface area contributed by atoms with E-state index in [-0.39, 0.29) is 11.8 Å². The van der Waals surface area contributed by atoms with Gasteiger partial charge in [-0.05, 0) is 62.1 Å². The quantitative estimate of drug-likeness (QED) is 0.521. The molecule has 1 aromatic heterocycles. The Morgan fingerprint density at radius 3 is 2.63 bits per heavy atom. The van der Waals surface area contributed by atoms with E-state index in [1.165, 1.54) is 0 Å². The number of carbonyl (C=O) groups excluding carboxylic acids is 1. The Morgan fingerprint density at radius 1 is 1.17 bits per heavy atom. The van der Waals surface area contributed by atoms with E-state index in [9.17, 15) is 4.79 Å². The molecule has 6 heteroatoms. The lowest BCUT2D eigenvalue weighted by molar-refractivity contribution is -0.134. The Morgan fingerprint density at radius 2 is 1.90 bits per heavy atom. The van der Waals surface area contributed by atoms with E-state index >= 15 is 0 Å². The number of hydrogen-bond acceptors (Lipinski definition) is 3. The highest BCUT2D eigenvalue weighted by Crippen LogP contribution is 2.24. The van der Waals surface area contributed by atoms with Crippen LogP contribution < -0.4 is 4.74 Å². The topological polar surface area (TPSA) is 47.4 Å². The van der Waals surface area contributed by atoms with Crippen LogP contribution in [0.3, 0.4) is 0 Å². The van der Waals surface area contributed by atoms with Crippen LogP contribution in [0.2, 0.25) is 5.02 Å². The molecule has 1 fully saturated rings. The summed E-state index contributed by atoms with van der Waals surface area (Å²) in [5.74, 6) is 1.89. The molecule has 158 valence electrons. The predicted molar refractivity (Wildman–Crippen MR) is 120 cm³/mol. The number of ether oxygens (including phenoxy) is 1. The summed E-state index contributed by atoms with van der Waals surface area (Å²) in [6.45, 7) is 7.01. The van der Waals surface area contributed by atoms with Crippen molar-refractivity contribution < 1.29 is 9.53 Å². The highest BCUT2D eigenvalue weighted by atomic mass is 35.5. The first-order valence-corrected chi connectivity index (χ1v) is 11.0. The standard InChI is InChI=1S/C24H28ClN3O2/c1-17-6-5-7-21-23(17)26-22(16-30-20-10-8-19(25)9-11-20)28(21)15-12-18(2)24(29)27-13-3-4-14-27/h5-11,18H,3-4,12-16H2,1-2H3. The molecule has 0 radical (unpaired) electrons. The lowest BCUT2D eigenvalue weighted by Gasteiger charge is -2.21. The Kier molecular flexibility index (Phi) is 6.28. The molecular formula is C24H28ClN3O2. The summed E-state index contributed by atoms with van der Waals surface area (Å²) < 4.78 is 8.18. The van der Waals surface area contributed by atoms with Crippen LogP contribution in [0, 0.1) is 12.8 Å². The minimum atomic E-state index is -0.00427. The predicted octanol–water partition coefficient (Wildman–Crippen LogP) is 5.23. The fourth-order valence-corrected chi connectivity index (χ4v) is 4.19. The van der Waals surface area contributed by atoms with Crippen molar-refractivity contribution in [1.82, 2.24) is 14.5 Å². The molecule has 1 aliphatic heterocycles. The number of hydrogen-bond donors (Lipinski definition) is 0. The molecule has 2 heterocycles. The third-order valence-corrected chi connectivity index (χ3v) is 6.12. The van der Waals surface area contributed by atoms with Gasteiger partial charge in [-0.25, -0.2) is 4.98 Å². The molecule has 1 unspecified atom stereocenters. The number of aromatic nitrogens is 2. The maximum atomic E-state index is 12.7. The number of halogens is 1. The van der Waals surface area contributed by atoms with Crippen molar-refractivity contribution in [3.8, 4) is 5.75 Å². The van der Waals surface area contributed by atoms with Gasteiger partial charge in [-0.3, -0.25) is 4.79 Å². The van der Waals surface area contributed by atoms with E-state index in [0.29, 0.717) is 11.6 Å². The number of aryl methyl sites for hydroxylation is 2. The Hall–Kier alpha value is -2.53. The van der Waals surface area contributed by atoms with Crippen LogP contribution in [0.5, 0.6) is 5.75 Å². The van der Waals surface area contributed by atoms with Gasteiger partial charge in [0.05, 0.1) is 11.0 Å². The zero-order valence-electron chi connectivity index (χ0n) is 17.6. The van der Waals surface area contributed by atoms with Crippen LogP contribution in [-0.4, -0.2) is 33.4 Å². The molecule has 0 bridgehead atoms. The molecule has 5 nitrogen and oxygen atoms in total. The molecule has 1 atom stereocenters. The highest BCUT2D eigenvalue weighted by molar-refractivity contribution is 6.30. The van der Waals surface area contributed by atoms with Gasteiger partial charge in [0.2, 0.25) is 5.91 Å². The van der Waals surface area contributed by atoms with Crippen LogP contribution >= 0.6 is 11.6 Å². The number of amides is 1. The lowest BCUT2D eigenvalue weighted by atomic mass is 10.1. The van der Waals surface area contributed by atoms with E-state index in [4.69, 9.17) is 21.3 Å². The Balaban J connectivity index is 1.52. The average molecular weight is 426 g/mol. The van der Waals surface area contributed by atoms with Crippen molar-refractivity contribution in [3.63, 3.8) is 0 Å². The number of nitrogens with zero attached hydrogens (tertiary/aromatic N) is 3. The normalized spacial score (nSPS) is 15.0. The van der Waals surface area contributed by atoms with Gasteiger partial charge in [-0.1, -0.05) is 30.7 Å². The lowest BCUT2D eigenvalue weighted by Crippen LogP contribution is -2.33. The number of likely N-dealkylation sites (tertiary alicyclic amines) is 1. The summed E-state index contributed by atoms with van der Waals surface area (Å²) in [5.41, 5.74) is 3.22. The molecule has 0 saturated carbocycles. The van der Waals surface area contributed by atoms with Crippen molar-refractivity contribution in [1.29, 1.82) is 0 Å². The summed E-state index contributed by atoms with van der Waals surface area (Å²) in [7, 11) is 0. The molecule has 4 rings (SSSR count).